The molecule has 0 spiro atoms. The maximum absolute atomic E-state index is 13.6. The molecule has 1 aromatic heterocycles. The molecule has 0 radical (unpaired) electrons. The minimum absolute atomic E-state index is 0.0950. The number of rotatable bonds is 11. The number of carbonyl (C=O) groups excluding carboxylic acids is 2. The molecule has 4 aromatic rings. The summed E-state index contributed by atoms with van der Waals surface area (Å²) in [7, 11) is 4.26. The van der Waals surface area contributed by atoms with Crippen LogP contribution in [0.3, 0.4) is 0 Å². The second kappa shape index (κ2) is 13.7. The highest BCUT2D eigenvalue weighted by Gasteiger charge is 2.31. The number of carbonyl (C=O) groups is 2. The van der Waals surface area contributed by atoms with Gasteiger partial charge in [0, 0.05) is 11.3 Å². The lowest BCUT2D eigenvalue weighted by Gasteiger charge is -2.15. The van der Waals surface area contributed by atoms with Gasteiger partial charge in [0.1, 0.15) is 0 Å². The number of hydrogen-bond acceptors (Lipinski definition) is 8. The van der Waals surface area contributed by atoms with Gasteiger partial charge in [-0.2, -0.15) is 13.2 Å². The van der Waals surface area contributed by atoms with E-state index in [1.54, 1.807) is 0 Å². The fourth-order valence-corrected chi connectivity index (χ4v) is 5.02. The van der Waals surface area contributed by atoms with Crippen molar-refractivity contribution in [3.8, 4) is 22.9 Å². The number of benzene rings is 3. The number of thioether (sulfide) groups is 1. The smallest absolute Gasteiger partial charge is 0.416 e. The Morgan fingerprint density at radius 2 is 1.64 bits per heavy atom. The Labute approximate surface area is 255 Å². The average molecular weight is 630 g/mol. The monoisotopic (exact) mass is 629 g/mol. The lowest BCUT2D eigenvalue weighted by molar-refractivity contribution is -0.137. The third kappa shape index (κ3) is 7.43. The van der Waals surface area contributed by atoms with Crippen molar-refractivity contribution >= 4 is 29.3 Å². The second-order valence-electron chi connectivity index (χ2n) is 9.53. The summed E-state index contributed by atoms with van der Waals surface area (Å²) in [6.45, 7) is 3.57. The molecule has 0 saturated heterocycles. The molecule has 44 heavy (non-hydrogen) atoms. The van der Waals surface area contributed by atoms with Crippen molar-refractivity contribution in [3.63, 3.8) is 0 Å². The standard InChI is InChI=1S/C30H30F3N5O5S/c1-17-9-10-18(2)22(11-17)35-26(39)16-44-29-37-36-25(38(29)21-8-6-7-20(14-21)30(31,32)33)15-34-28(40)19-12-23(41-3)27(43-5)24(13-19)42-4/h6-14H,15-16H2,1-5H3,(H,34,40)(H,35,39). The predicted molar refractivity (Wildman–Crippen MR) is 159 cm³/mol. The van der Waals surface area contributed by atoms with Crippen molar-refractivity contribution in [2.24, 2.45) is 0 Å². The van der Waals surface area contributed by atoms with Crippen LogP contribution in [0.4, 0.5) is 18.9 Å². The molecule has 1 heterocycles. The van der Waals surface area contributed by atoms with Crippen molar-refractivity contribution in [1.29, 1.82) is 0 Å². The third-order valence-corrected chi connectivity index (χ3v) is 7.39. The van der Waals surface area contributed by atoms with Crippen LogP contribution in [-0.4, -0.2) is 53.7 Å². The van der Waals surface area contributed by atoms with E-state index in [1.807, 2.05) is 32.0 Å². The Morgan fingerprint density at radius 3 is 2.27 bits per heavy atom. The molecule has 0 bridgehead atoms. The minimum atomic E-state index is -4.59. The normalized spacial score (nSPS) is 11.2. The Morgan fingerprint density at radius 1 is 0.932 bits per heavy atom. The number of nitrogens with zero attached hydrogens (tertiary/aromatic N) is 3. The van der Waals surface area contributed by atoms with E-state index < -0.39 is 17.6 Å². The molecule has 2 amide bonds. The van der Waals surface area contributed by atoms with Crippen LogP contribution in [0.25, 0.3) is 5.69 Å². The lowest BCUT2D eigenvalue weighted by Crippen LogP contribution is -2.25. The van der Waals surface area contributed by atoms with Gasteiger partial charge < -0.3 is 24.8 Å². The van der Waals surface area contributed by atoms with Crippen molar-refractivity contribution in [2.75, 3.05) is 32.4 Å². The van der Waals surface area contributed by atoms with Crippen LogP contribution in [0.5, 0.6) is 17.2 Å². The number of alkyl halides is 3. The van der Waals surface area contributed by atoms with Gasteiger partial charge in [-0.05, 0) is 61.4 Å². The van der Waals surface area contributed by atoms with Gasteiger partial charge >= 0.3 is 6.18 Å². The summed E-state index contributed by atoms with van der Waals surface area (Å²) in [6, 6.07) is 13.2. The fraction of sp³-hybridized carbons (Fsp3) is 0.267. The molecule has 0 atom stereocenters. The fourth-order valence-electron chi connectivity index (χ4n) is 4.25. The minimum Gasteiger partial charge on any atom is -0.493 e. The number of amides is 2. The van der Waals surface area contributed by atoms with Crippen LogP contribution in [0, 0.1) is 13.8 Å². The summed E-state index contributed by atoms with van der Waals surface area (Å²) >= 11 is 0.994. The summed E-state index contributed by atoms with van der Waals surface area (Å²) in [5.74, 6) is 0.0116. The quantitative estimate of drug-likeness (QED) is 0.206. The van der Waals surface area contributed by atoms with Crippen LogP contribution < -0.4 is 24.8 Å². The van der Waals surface area contributed by atoms with Crippen molar-refractivity contribution < 1.29 is 37.0 Å². The van der Waals surface area contributed by atoms with Gasteiger partial charge in [-0.25, -0.2) is 0 Å². The van der Waals surface area contributed by atoms with Gasteiger partial charge in [0.05, 0.1) is 44.9 Å². The number of methoxy groups -OCH3 is 3. The molecule has 0 aliphatic heterocycles. The van der Waals surface area contributed by atoms with E-state index in [2.05, 4.69) is 20.8 Å². The summed E-state index contributed by atoms with van der Waals surface area (Å²) < 4.78 is 58.0. The van der Waals surface area contributed by atoms with Crippen molar-refractivity contribution in [2.45, 2.75) is 31.7 Å². The van der Waals surface area contributed by atoms with Gasteiger partial charge in [0.15, 0.2) is 22.5 Å². The molecule has 0 aliphatic rings. The molecule has 14 heteroatoms. The van der Waals surface area contributed by atoms with Gasteiger partial charge in [-0.3, -0.25) is 14.2 Å². The molecule has 4 rings (SSSR count). The number of nitrogens with one attached hydrogen (secondary N) is 2. The zero-order chi connectivity index (χ0) is 32.0. The molecular formula is C30H30F3N5O5S. The van der Waals surface area contributed by atoms with E-state index in [4.69, 9.17) is 14.2 Å². The first-order valence-electron chi connectivity index (χ1n) is 13.1. The number of hydrogen-bond donors (Lipinski definition) is 2. The SMILES string of the molecule is COc1cc(C(=O)NCc2nnc(SCC(=O)Nc3cc(C)ccc3C)n2-c2cccc(C(F)(F)F)c2)cc(OC)c1OC. The zero-order valence-electron chi connectivity index (χ0n) is 24.5. The Hall–Kier alpha value is -4.72. The molecular weight excluding hydrogens is 599 g/mol. The number of halogens is 3. The summed E-state index contributed by atoms with van der Waals surface area (Å²) in [6.07, 6.45) is -4.59. The van der Waals surface area contributed by atoms with Crippen LogP contribution in [0.15, 0.2) is 59.8 Å². The molecule has 0 saturated carbocycles. The highest BCUT2D eigenvalue weighted by Crippen LogP contribution is 2.38. The number of ether oxygens (including phenoxy) is 3. The van der Waals surface area contributed by atoms with Crippen LogP contribution in [0.2, 0.25) is 0 Å². The summed E-state index contributed by atoms with van der Waals surface area (Å²) in [5.41, 5.74) is 1.93. The van der Waals surface area contributed by atoms with Crippen molar-refractivity contribution in [3.05, 3.63) is 82.7 Å². The molecule has 3 aromatic carbocycles. The van der Waals surface area contributed by atoms with E-state index in [0.717, 1.165) is 35.0 Å². The molecule has 232 valence electrons. The largest absolute Gasteiger partial charge is 0.493 e. The Kier molecular flexibility index (Phi) is 10.0. The van der Waals surface area contributed by atoms with Crippen LogP contribution in [-0.2, 0) is 17.5 Å². The van der Waals surface area contributed by atoms with Gasteiger partial charge in [0.2, 0.25) is 11.7 Å². The zero-order valence-corrected chi connectivity index (χ0v) is 25.4. The summed E-state index contributed by atoms with van der Waals surface area (Å²) in [5, 5.41) is 14.0. The van der Waals surface area contributed by atoms with E-state index in [1.165, 1.54) is 50.2 Å². The average Bonchev–Trinajstić information content (AvgIpc) is 3.42. The van der Waals surface area contributed by atoms with Crippen LogP contribution in [0.1, 0.15) is 32.9 Å². The Bertz CT molecular complexity index is 1650. The molecule has 0 fully saturated rings. The topological polar surface area (TPSA) is 117 Å². The maximum atomic E-state index is 13.6. The first-order valence-corrected chi connectivity index (χ1v) is 14.1. The molecule has 2 N–H and O–H groups in total. The number of aryl methyl sites for hydroxylation is 2. The predicted octanol–water partition coefficient (Wildman–Crippen LogP) is 5.59. The van der Waals surface area contributed by atoms with Gasteiger partial charge in [-0.15, -0.1) is 10.2 Å². The second-order valence-corrected chi connectivity index (χ2v) is 10.5. The van der Waals surface area contributed by atoms with Crippen LogP contribution >= 0.6 is 11.8 Å². The van der Waals surface area contributed by atoms with Gasteiger partial charge in [0.25, 0.3) is 5.91 Å². The molecule has 0 aliphatic carbocycles. The first kappa shape index (κ1) is 32.2. The summed E-state index contributed by atoms with van der Waals surface area (Å²) in [4.78, 5) is 25.9. The van der Waals surface area contributed by atoms with Gasteiger partial charge in [-0.1, -0.05) is 30.0 Å². The lowest BCUT2D eigenvalue weighted by atomic mass is 10.1. The van der Waals surface area contributed by atoms with E-state index >= 15 is 0 Å². The first-order chi connectivity index (χ1) is 20.9. The highest BCUT2D eigenvalue weighted by atomic mass is 32.2. The number of aromatic nitrogens is 3. The third-order valence-electron chi connectivity index (χ3n) is 6.47. The van der Waals surface area contributed by atoms with Crippen molar-refractivity contribution in [1.82, 2.24) is 20.1 Å². The highest BCUT2D eigenvalue weighted by molar-refractivity contribution is 7.99. The molecule has 0 unspecified atom stereocenters. The van der Waals surface area contributed by atoms with E-state index in [0.29, 0.717) is 11.4 Å². The van der Waals surface area contributed by atoms with E-state index in [-0.39, 0.29) is 51.9 Å². The number of anilines is 1. The maximum Gasteiger partial charge on any atom is 0.416 e. The van der Waals surface area contributed by atoms with E-state index in [9.17, 15) is 22.8 Å². The molecule has 10 nitrogen and oxygen atoms in total. The Balaban J connectivity index is 1.60.